The Balaban J connectivity index is 1.55. The monoisotopic (exact) mass is 368 g/mol. The van der Waals surface area contributed by atoms with Gasteiger partial charge in [0.15, 0.2) is 0 Å². The van der Waals surface area contributed by atoms with Gasteiger partial charge in [0.2, 0.25) is 5.91 Å². The van der Waals surface area contributed by atoms with Crippen LogP contribution >= 0.6 is 0 Å². The summed E-state index contributed by atoms with van der Waals surface area (Å²) in [6.45, 7) is 0.163. The number of amides is 1. The fourth-order valence-electron chi connectivity index (χ4n) is 3.05. The van der Waals surface area contributed by atoms with Gasteiger partial charge >= 0.3 is 6.18 Å². The molecule has 1 aromatic heterocycles. The molecular formula is C17H19F3N4O2. The Morgan fingerprint density at radius 3 is 2.50 bits per heavy atom. The molecule has 1 amide bonds. The summed E-state index contributed by atoms with van der Waals surface area (Å²) in [6, 6.07) is 6.97. The quantitative estimate of drug-likeness (QED) is 0.821. The zero-order valence-electron chi connectivity index (χ0n) is 14.1. The summed E-state index contributed by atoms with van der Waals surface area (Å²) in [6.07, 6.45) is -2.70. The van der Waals surface area contributed by atoms with Gasteiger partial charge < -0.3 is 4.90 Å². The molecule has 1 fully saturated rings. The van der Waals surface area contributed by atoms with Crippen molar-refractivity contribution in [3.05, 3.63) is 40.9 Å². The van der Waals surface area contributed by atoms with Crippen LogP contribution in [0, 0.1) is 0 Å². The van der Waals surface area contributed by atoms with Crippen molar-refractivity contribution in [3.63, 3.8) is 0 Å². The molecule has 1 aliphatic heterocycles. The second-order valence-corrected chi connectivity index (χ2v) is 6.28. The standard InChI is InChI=1S/C17H19F3N4O2/c18-17(19,20)11-22-7-9-23(10-8-22)15(25)5-6-24-12-21-14-4-2-1-3-13(14)16(24)26/h1-4,12H,5-11H2. The largest absolute Gasteiger partial charge is 0.401 e. The average molecular weight is 368 g/mol. The number of aryl methyl sites for hydroxylation is 1. The summed E-state index contributed by atoms with van der Waals surface area (Å²) in [4.78, 5) is 31.7. The van der Waals surface area contributed by atoms with E-state index in [4.69, 9.17) is 0 Å². The number of nitrogens with zero attached hydrogens (tertiary/aromatic N) is 4. The number of fused-ring (bicyclic) bond motifs is 1. The Hall–Kier alpha value is -2.42. The van der Waals surface area contributed by atoms with Gasteiger partial charge in [0.1, 0.15) is 0 Å². The maximum atomic E-state index is 12.4. The van der Waals surface area contributed by atoms with Crippen LogP contribution in [0.25, 0.3) is 10.9 Å². The first kappa shape index (κ1) is 18.4. The van der Waals surface area contributed by atoms with Gasteiger partial charge in [-0.15, -0.1) is 0 Å². The SMILES string of the molecule is O=C(CCn1cnc2ccccc2c1=O)N1CCN(CC(F)(F)F)CC1. The van der Waals surface area contributed by atoms with Gasteiger partial charge in [-0.25, -0.2) is 4.98 Å². The highest BCUT2D eigenvalue weighted by atomic mass is 19.4. The molecule has 6 nitrogen and oxygen atoms in total. The lowest BCUT2D eigenvalue weighted by atomic mass is 10.2. The average Bonchev–Trinajstić information content (AvgIpc) is 2.60. The van der Waals surface area contributed by atoms with Crippen LogP contribution in [0.4, 0.5) is 13.2 Å². The van der Waals surface area contributed by atoms with E-state index in [0.29, 0.717) is 10.9 Å². The zero-order chi connectivity index (χ0) is 18.7. The minimum atomic E-state index is -4.23. The number of carbonyl (C=O) groups is 1. The third-order valence-electron chi connectivity index (χ3n) is 4.43. The minimum Gasteiger partial charge on any atom is -0.340 e. The van der Waals surface area contributed by atoms with E-state index in [1.807, 2.05) is 0 Å². The molecule has 0 aliphatic carbocycles. The number of benzene rings is 1. The van der Waals surface area contributed by atoms with E-state index in [-0.39, 0.29) is 50.6 Å². The third-order valence-corrected chi connectivity index (χ3v) is 4.43. The molecule has 0 atom stereocenters. The number of halogens is 3. The van der Waals surface area contributed by atoms with E-state index in [9.17, 15) is 22.8 Å². The van der Waals surface area contributed by atoms with Crippen molar-refractivity contribution in [2.24, 2.45) is 0 Å². The summed E-state index contributed by atoms with van der Waals surface area (Å²) in [5.41, 5.74) is 0.388. The van der Waals surface area contributed by atoms with Gasteiger partial charge in [0.25, 0.3) is 5.56 Å². The zero-order valence-corrected chi connectivity index (χ0v) is 14.1. The highest BCUT2D eigenvalue weighted by Gasteiger charge is 2.32. The number of hydrogen-bond acceptors (Lipinski definition) is 4. The van der Waals surface area contributed by atoms with Gasteiger partial charge in [0, 0.05) is 39.1 Å². The first-order valence-corrected chi connectivity index (χ1v) is 8.34. The normalized spacial score (nSPS) is 16.2. The van der Waals surface area contributed by atoms with Crippen molar-refractivity contribution >= 4 is 16.8 Å². The van der Waals surface area contributed by atoms with E-state index in [0.717, 1.165) is 0 Å². The third kappa shape index (κ3) is 4.40. The van der Waals surface area contributed by atoms with Gasteiger partial charge in [-0.3, -0.25) is 19.1 Å². The van der Waals surface area contributed by atoms with Gasteiger partial charge in [0.05, 0.1) is 23.8 Å². The van der Waals surface area contributed by atoms with Crippen molar-refractivity contribution < 1.29 is 18.0 Å². The highest BCUT2D eigenvalue weighted by Crippen LogP contribution is 2.17. The van der Waals surface area contributed by atoms with Crippen molar-refractivity contribution in [2.45, 2.75) is 19.1 Å². The summed E-state index contributed by atoms with van der Waals surface area (Å²) in [5, 5.41) is 0.489. The lowest BCUT2D eigenvalue weighted by Gasteiger charge is -2.35. The minimum absolute atomic E-state index is 0.110. The number of para-hydroxylation sites is 1. The molecule has 0 N–H and O–H groups in total. The smallest absolute Gasteiger partial charge is 0.340 e. The molecule has 1 saturated heterocycles. The number of aromatic nitrogens is 2. The molecule has 0 saturated carbocycles. The molecule has 9 heteroatoms. The number of piperazine rings is 1. The predicted octanol–water partition coefficient (Wildman–Crippen LogP) is 1.49. The predicted molar refractivity (Wildman–Crippen MR) is 89.7 cm³/mol. The molecular weight excluding hydrogens is 349 g/mol. The topological polar surface area (TPSA) is 58.4 Å². The van der Waals surface area contributed by atoms with Crippen LogP contribution in [0.3, 0.4) is 0 Å². The Morgan fingerprint density at radius 2 is 1.81 bits per heavy atom. The van der Waals surface area contributed by atoms with Gasteiger partial charge in [-0.05, 0) is 12.1 Å². The molecule has 0 unspecified atom stereocenters. The Bertz CT molecular complexity index is 842. The highest BCUT2D eigenvalue weighted by molar-refractivity contribution is 5.77. The van der Waals surface area contributed by atoms with Gasteiger partial charge in [-0.1, -0.05) is 12.1 Å². The summed E-state index contributed by atoms with van der Waals surface area (Å²) in [5.74, 6) is -0.170. The maximum Gasteiger partial charge on any atom is 0.401 e. The summed E-state index contributed by atoms with van der Waals surface area (Å²) in [7, 11) is 0. The number of alkyl halides is 3. The molecule has 26 heavy (non-hydrogen) atoms. The lowest BCUT2D eigenvalue weighted by Crippen LogP contribution is -2.51. The summed E-state index contributed by atoms with van der Waals surface area (Å²) >= 11 is 0. The van der Waals surface area contributed by atoms with Crippen LogP contribution < -0.4 is 5.56 Å². The van der Waals surface area contributed by atoms with Crippen LogP contribution in [-0.4, -0.2) is 64.2 Å². The first-order chi connectivity index (χ1) is 12.3. The summed E-state index contributed by atoms with van der Waals surface area (Å²) < 4.78 is 38.6. The van der Waals surface area contributed by atoms with Crippen molar-refractivity contribution in [1.82, 2.24) is 19.4 Å². The lowest BCUT2D eigenvalue weighted by molar-refractivity contribution is -0.151. The van der Waals surface area contributed by atoms with E-state index >= 15 is 0 Å². The fraction of sp³-hybridized carbons (Fsp3) is 0.471. The molecule has 0 radical (unpaired) electrons. The molecule has 0 spiro atoms. The fourth-order valence-corrected chi connectivity index (χ4v) is 3.05. The second kappa shape index (κ2) is 7.45. The molecule has 3 rings (SSSR count). The van der Waals surface area contributed by atoms with Crippen LogP contribution in [0.15, 0.2) is 35.4 Å². The van der Waals surface area contributed by atoms with Crippen LogP contribution in [0.1, 0.15) is 6.42 Å². The maximum absolute atomic E-state index is 12.4. The van der Waals surface area contributed by atoms with Crippen molar-refractivity contribution in [1.29, 1.82) is 0 Å². The molecule has 1 aliphatic rings. The Kier molecular flexibility index (Phi) is 5.26. The van der Waals surface area contributed by atoms with E-state index in [2.05, 4.69) is 4.98 Å². The van der Waals surface area contributed by atoms with Gasteiger partial charge in [-0.2, -0.15) is 13.2 Å². The molecule has 0 bridgehead atoms. The van der Waals surface area contributed by atoms with E-state index in [1.165, 1.54) is 15.8 Å². The number of rotatable bonds is 4. The van der Waals surface area contributed by atoms with E-state index < -0.39 is 12.7 Å². The first-order valence-electron chi connectivity index (χ1n) is 8.34. The number of hydrogen-bond donors (Lipinski definition) is 0. The molecule has 2 aromatic rings. The molecule has 140 valence electrons. The van der Waals surface area contributed by atoms with Crippen LogP contribution in [0.2, 0.25) is 0 Å². The second-order valence-electron chi connectivity index (χ2n) is 6.28. The Morgan fingerprint density at radius 1 is 1.12 bits per heavy atom. The number of carbonyl (C=O) groups excluding carboxylic acids is 1. The van der Waals surface area contributed by atoms with E-state index in [1.54, 1.807) is 29.2 Å². The molecule has 1 aromatic carbocycles. The van der Waals surface area contributed by atoms with Crippen LogP contribution in [-0.2, 0) is 11.3 Å². The van der Waals surface area contributed by atoms with Crippen molar-refractivity contribution in [3.8, 4) is 0 Å². The van der Waals surface area contributed by atoms with Crippen LogP contribution in [0.5, 0.6) is 0 Å². The Labute approximate surface area is 147 Å². The van der Waals surface area contributed by atoms with Crippen molar-refractivity contribution in [2.75, 3.05) is 32.7 Å². The molecule has 2 heterocycles.